The maximum absolute atomic E-state index is 5.70. The van der Waals surface area contributed by atoms with E-state index in [0.29, 0.717) is 19.8 Å². The zero-order valence-corrected chi connectivity index (χ0v) is 14.9. The number of para-hydroxylation sites is 1. The summed E-state index contributed by atoms with van der Waals surface area (Å²) in [6.07, 6.45) is 2.66. The van der Waals surface area contributed by atoms with Crippen molar-refractivity contribution in [1.82, 2.24) is 15.6 Å². The average Bonchev–Trinajstić information content (AvgIpc) is 2.67. The summed E-state index contributed by atoms with van der Waals surface area (Å²) in [5, 5.41) is 6.50. The highest BCUT2D eigenvalue weighted by molar-refractivity contribution is 5.79. The number of methoxy groups -OCH3 is 1. The van der Waals surface area contributed by atoms with Crippen LogP contribution in [0.25, 0.3) is 0 Å². The molecule has 2 rings (SSSR count). The highest BCUT2D eigenvalue weighted by Crippen LogP contribution is 2.17. The van der Waals surface area contributed by atoms with Crippen molar-refractivity contribution >= 4 is 5.96 Å². The second-order valence-electron chi connectivity index (χ2n) is 5.36. The van der Waals surface area contributed by atoms with Crippen LogP contribution < -0.4 is 15.4 Å². The number of benzene rings is 1. The Kier molecular flexibility index (Phi) is 8.27. The first-order valence-electron chi connectivity index (χ1n) is 8.37. The predicted molar refractivity (Wildman–Crippen MR) is 100.0 cm³/mol. The Hall–Kier alpha value is -2.60. The summed E-state index contributed by atoms with van der Waals surface area (Å²) in [6.45, 7) is 2.56. The van der Waals surface area contributed by atoms with Crippen LogP contribution in [0.4, 0.5) is 0 Å². The van der Waals surface area contributed by atoms with Gasteiger partial charge in [0.1, 0.15) is 5.75 Å². The van der Waals surface area contributed by atoms with E-state index in [9.17, 15) is 0 Å². The van der Waals surface area contributed by atoms with E-state index >= 15 is 0 Å². The minimum absolute atomic E-state index is 0.525. The Bertz CT molecular complexity index is 647. The minimum atomic E-state index is 0.525. The van der Waals surface area contributed by atoms with E-state index in [1.807, 2.05) is 48.7 Å². The summed E-state index contributed by atoms with van der Waals surface area (Å²) in [5.41, 5.74) is 2.11. The second-order valence-corrected chi connectivity index (χ2v) is 5.36. The molecule has 0 bridgehead atoms. The van der Waals surface area contributed by atoms with Crippen LogP contribution in [-0.2, 0) is 17.8 Å². The number of pyridine rings is 1. The van der Waals surface area contributed by atoms with Gasteiger partial charge in [0.05, 0.1) is 20.3 Å². The molecule has 1 aromatic heterocycles. The average molecular weight is 342 g/mol. The summed E-state index contributed by atoms with van der Waals surface area (Å²) in [7, 11) is 3.42. The third-order valence-electron chi connectivity index (χ3n) is 3.61. The predicted octanol–water partition coefficient (Wildman–Crippen LogP) is 2.01. The van der Waals surface area contributed by atoms with Crippen molar-refractivity contribution in [2.75, 3.05) is 33.9 Å². The topological polar surface area (TPSA) is 67.8 Å². The number of rotatable bonds is 9. The van der Waals surface area contributed by atoms with Crippen LogP contribution in [0.5, 0.6) is 5.75 Å². The van der Waals surface area contributed by atoms with Gasteiger partial charge in [-0.05, 0) is 18.2 Å². The van der Waals surface area contributed by atoms with Gasteiger partial charge in [-0.2, -0.15) is 0 Å². The first kappa shape index (κ1) is 18.7. The number of guanidine groups is 1. The molecule has 0 spiro atoms. The summed E-state index contributed by atoms with van der Waals surface area (Å²) in [5.74, 6) is 1.61. The monoisotopic (exact) mass is 342 g/mol. The Morgan fingerprint density at radius 2 is 1.88 bits per heavy atom. The van der Waals surface area contributed by atoms with E-state index in [0.717, 1.165) is 35.9 Å². The molecule has 6 nitrogen and oxygen atoms in total. The highest BCUT2D eigenvalue weighted by Gasteiger charge is 2.02. The largest absolute Gasteiger partial charge is 0.496 e. The number of aromatic nitrogens is 1. The Morgan fingerprint density at radius 1 is 1.08 bits per heavy atom. The molecular formula is C19H26N4O2. The maximum Gasteiger partial charge on any atom is 0.191 e. The van der Waals surface area contributed by atoms with Crippen LogP contribution in [-0.4, -0.2) is 44.8 Å². The Morgan fingerprint density at radius 3 is 2.64 bits per heavy atom. The molecule has 134 valence electrons. The van der Waals surface area contributed by atoms with Gasteiger partial charge in [-0.15, -0.1) is 0 Å². The normalized spacial score (nSPS) is 11.2. The van der Waals surface area contributed by atoms with Crippen LogP contribution in [0.2, 0.25) is 0 Å². The highest BCUT2D eigenvalue weighted by atomic mass is 16.5. The lowest BCUT2D eigenvalue weighted by atomic mass is 10.2. The Balaban J connectivity index is 1.61. The molecule has 2 N–H and O–H groups in total. The van der Waals surface area contributed by atoms with E-state index in [4.69, 9.17) is 9.47 Å². The molecular weight excluding hydrogens is 316 g/mol. The third kappa shape index (κ3) is 6.81. The van der Waals surface area contributed by atoms with Crippen LogP contribution in [0.3, 0.4) is 0 Å². The van der Waals surface area contributed by atoms with Crippen molar-refractivity contribution < 1.29 is 9.47 Å². The molecule has 6 heteroatoms. The number of hydrogen-bond acceptors (Lipinski definition) is 4. The summed E-state index contributed by atoms with van der Waals surface area (Å²) in [6, 6.07) is 13.8. The molecule has 0 amide bonds. The summed E-state index contributed by atoms with van der Waals surface area (Å²) >= 11 is 0. The van der Waals surface area contributed by atoms with Gasteiger partial charge in [-0.25, -0.2) is 0 Å². The lowest BCUT2D eigenvalue weighted by Crippen LogP contribution is -2.39. The smallest absolute Gasteiger partial charge is 0.191 e. The number of nitrogens with zero attached hydrogens (tertiary/aromatic N) is 2. The van der Waals surface area contributed by atoms with Crippen molar-refractivity contribution in [3.05, 3.63) is 59.9 Å². The first-order valence-corrected chi connectivity index (χ1v) is 8.37. The van der Waals surface area contributed by atoms with Crippen LogP contribution in [0, 0.1) is 0 Å². The molecule has 0 fully saturated rings. The fourth-order valence-corrected chi connectivity index (χ4v) is 2.32. The van der Waals surface area contributed by atoms with Crippen LogP contribution in [0.15, 0.2) is 53.7 Å². The van der Waals surface area contributed by atoms with Gasteiger partial charge in [0.25, 0.3) is 0 Å². The Labute approximate surface area is 149 Å². The molecule has 1 aromatic carbocycles. The quantitative estimate of drug-likeness (QED) is 0.415. The van der Waals surface area contributed by atoms with Crippen LogP contribution >= 0.6 is 0 Å². The molecule has 2 aromatic rings. The fourth-order valence-electron chi connectivity index (χ4n) is 2.32. The van der Waals surface area contributed by atoms with Crippen molar-refractivity contribution in [3.8, 4) is 5.75 Å². The van der Waals surface area contributed by atoms with Crippen molar-refractivity contribution in [2.24, 2.45) is 4.99 Å². The van der Waals surface area contributed by atoms with E-state index in [1.165, 1.54) is 0 Å². The van der Waals surface area contributed by atoms with Gasteiger partial charge >= 0.3 is 0 Å². The second kappa shape index (κ2) is 11.0. The fraction of sp³-hybridized carbons (Fsp3) is 0.368. The molecule has 0 unspecified atom stereocenters. The number of ether oxygens (including phenoxy) is 2. The lowest BCUT2D eigenvalue weighted by Gasteiger charge is -2.12. The number of aliphatic imine (C=N–C) groups is 1. The molecule has 1 heterocycles. The van der Waals surface area contributed by atoms with E-state index in [-0.39, 0.29) is 0 Å². The molecule has 0 saturated heterocycles. The molecule has 0 aliphatic rings. The number of nitrogens with one attached hydrogen (secondary N) is 2. The van der Waals surface area contributed by atoms with Crippen molar-refractivity contribution in [1.29, 1.82) is 0 Å². The zero-order chi connectivity index (χ0) is 17.7. The summed E-state index contributed by atoms with van der Waals surface area (Å²) in [4.78, 5) is 8.50. The van der Waals surface area contributed by atoms with E-state index in [2.05, 4.69) is 20.6 Å². The van der Waals surface area contributed by atoms with E-state index in [1.54, 1.807) is 14.2 Å². The molecule has 0 radical (unpaired) electrons. The number of hydrogen-bond donors (Lipinski definition) is 2. The molecule has 0 saturated carbocycles. The minimum Gasteiger partial charge on any atom is -0.496 e. The third-order valence-corrected chi connectivity index (χ3v) is 3.61. The van der Waals surface area contributed by atoms with Gasteiger partial charge in [-0.3, -0.25) is 9.98 Å². The van der Waals surface area contributed by atoms with Crippen molar-refractivity contribution in [2.45, 2.75) is 13.0 Å². The zero-order valence-electron chi connectivity index (χ0n) is 14.9. The van der Waals surface area contributed by atoms with Gasteiger partial charge in [0.15, 0.2) is 5.96 Å². The van der Waals surface area contributed by atoms with Gasteiger partial charge < -0.3 is 20.1 Å². The first-order chi connectivity index (χ1) is 12.3. The molecule has 0 aliphatic carbocycles. The van der Waals surface area contributed by atoms with E-state index < -0.39 is 0 Å². The molecule has 0 aliphatic heterocycles. The van der Waals surface area contributed by atoms with Gasteiger partial charge in [0, 0.05) is 44.0 Å². The standard InChI is InChI=1S/C19H26N4O2/c1-20-19(22-12-10-17-8-5-6-11-21-17)23-13-14-25-15-16-7-3-4-9-18(16)24-2/h3-9,11H,10,12-15H2,1-2H3,(H2,20,22,23). The lowest BCUT2D eigenvalue weighted by molar-refractivity contribution is 0.123. The van der Waals surface area contributed by atoms with Crippen LogP contribution in [0.1, 0.15) is 11.3 Å². The van der Waals surface area contributed by atoms with Gasteiger partial charge in [-0.1, -0.05) is 24.3 Å². The molecule has 0 atom stereocenters. The van der Waals surface area contributed by atoms with Gasteiger partial charge in [0.2, 0.25) is 0 Å². The SMILES string of the molecule is CN=C(NCCOCc1ccccc1OC)NCCc1ccccn1. The van der Waals surface area contributed by atoms with Crippen molar-refractivity contribution in [3.63, 3.8) is 0 Å². The molecule has 25 heavy (non-hydrogen) atoms. The maximum atomic E-state index is 5.70. The summed E-state index contributed by atoms with van der Waals surface area (Å²) < 4.78 is 11.0.